The predicted molar refractivity (Wildman–Crippen MR) is 136 cm³/mol. The molecule has 3 aromatic rings. The van der Waals surface area contributed by atoms with E-state index < -0.39 is 17.6 Å². The van der Waals surface area contributed by atoms with Crippen molar-refractivity contribution in [2.45, 2.75) is 0 Å². The Hall–Kier alpha value is -3.19. The van der Waals surface area contributed by atoms with E-state index in [2.05, 4.69) is 42.5 Å². The zero-order valence-electron chi connectivity index (χ0n) is 17.2. The average molecular weight is 608 g/mol. The van der Waals surface area contributed by atoms with Crippen LogP contribution in [0.25, 0.3) is 6.08 Å². The number of nitriles is 1. The van der Waals surface area contributed by atoms with Crippen LogP contribution in [-0.2, 0) is 9.59 Å². The number of hydrogen-bond acceptors (Lipinski definition) is 4. The maximum Gasteiger partial charge on any atom is 0.266 e. The highest BCUT2D eigenvalue weighted by Crippen LogP contribution is 2.34. The van der Waals surface area contributed by atoms with E-state index in [0.717, 1.165) is 0 Å². The number of nitrogens with zero attached hydrogens (tertiary/aromatic N) is 1. The Balaban J connectivity index is 1.80. The molecule has 2 amide bonds. The Bertz CT molecular complexity index is 1310. The van der Waals surface area contributed by atoms with Gasteiger partial charge in [0.05, 0.1) is 15.2 Å². The summed E-state index contributed by atoms with van der Waals surface area (Å²) in [6, 6.07) is 17.1. The van der Waals surface area contributed by atoms with E-state index >= 15 is 0 Å². The standard InChI is InChI=1S/C24H15Br2ClFN3O3/c25-16-10-14(9-15(12-29)24(33)30-18-7-5-17(28)6-8-18)23(19(26)11-16)34-13-22(32)31-21-4-2-1-3-20(21)27/h1-11H,13H2,(H,30,33)(H,31,32)/b15-9+. The zero-order chi connectivity index (χ0) is 24.7. The topological polar surface area (TPSA) is 91.2 Å². The Kier molecular flexibility index (Phi) is 8.82. The van der Waals surface area contributed by atoms with E-state index in [1.54, 1.807) is 36.4 Å². The second-order valence-electron chi connectivity index (χ2n) is 6.75. The van der Waals surface area contributed by atoms with Crippen molar-refractivity contribution < 1.29 is 18.7 Å². The van der Waals surface area contributed by atoms with Crippen LogP contribution >= 0.6 is 43.5 Å². The highest BCUT2D eigenvalue weighted by atomic mass is 79.9. The molecule has 0 saturated carbocycles. The van der Waals surface area contributed by atoms with Gasteiger partial charge in [-0.2, -0.15) is 5.26 Å². The minimum absolute atomic E-state index is 0.223. The highest BCUT2D eigenvalue weighted by molar-refractivity contribution is 9.11. The largest absolute Gasteiger partial charge is 0.482 e. The van der Waals surface area contributed by atoms with Crippen LogP contribution in [-0.4, -0.2) is 18.4 Å². The van der Waals surface area contributed by atoms with Gasteiger partial charge in [0.15, 0.2) is 6.61 Å². The first-order chi connectivity index (χ1) is 16.3. The SMILES string of the molecule is N#C/C(=C\c1cc(Br)cc(Br)c1OCC(=O)Nc1ccccc1Cl)C(=O)Nc1ccc(F)cc1. The van der Waals surface area contributed by atoms with E-state index in [9.17, 15) is 19.2 Å². The van der Waals surface area contributed by atoms with E-state index in [1.807, 2.05) is 6.07 Å². The van der Waals surface area contributed by atoms with Gasteiger partial charge < -0.3 is 15.4 Å². The maximum atomic E-state index is 13.1. The van der Waals surface area contributed by atoms with Gasteiger partial charge in [-0.25, -0.2) is 4.39 Å². The fourth-order valence-corrected chi connectivity index (χ4v) is 4.32. The van der Waals surface area contributed by atoms with E-state index in [1.165, 1.54) is 30.3 Å². The number of para-hydroxylation sites is 1. The molecule has 3 rings (SSSR count). The van der Waals surface area contributed by atoms with Crippen LogP contribution in [0.15, 0.2) is 75.2 Å². The van der Waals surface area contributed by atoms with Gasteiger partial charge in [-0.05, 0) is 70.5 Å². The van der Waals surface area contributed by atoms with Gasteiger partial charge in [-0.1, -0.05) is 39.7 Å². The number of benzene rings is 3. The summed E-state index contributed by atoms with van der Waals surface area (Å²) in [4.78, 5) is 24.9. The first kappa shape index (κ1) is 25.4. The molecular weight excluding hydrogens is 593 g/mol. The first-order valence-corrected chi connectivity index (χ1v) is 11.6. The molecule has 0 aromatic heterocycles. The maximum absolute atomic E-state index is 13.1. The molecule has 2 N–H and O–H groups in total. The lowest BCUT2D eigenvalue weighted by Gasteiger charge is -2.13. The summed E-state index contributed by atoms with van der Waals surface area (Å²) in [6.45, 7) is -0.351. The van der Waals surface area contributed by atoms with Gasteiger partial charge in [-0.15, -0.1) is 0 Å². The molecule has 34 heavy (non-hydrogen) atoms. The van der Waals surface area contributed by atoms with E-state index in [0.29, 0.717) is 30.9 Å². The molecular formula is C24H15Br2ClFN3O3. The lowest BCUT2D eigenvalue weighted by molar-refractivity contribution is -0.118. The lowest BCUT2D eigenvalue weighted by atomic mass is 10.1. The van der Waals surface area contributed by atoms with Gasteiger partial charge in [0.25, 0.3) is 11.8 Å². The van der Waals surface area contributed by atoms with Crippen LogP contribution < -0.4 is 15.4 Å². The summed E-state index contributed by atoms with van der Waals surface area (Å²) < 4.78 is 19.9. The van der Waals surface area contributed by atoms with Gasteiger partial charge in [0, 0.05) is 15.7 Å². The summed E-state index contributed by atoms with van der Waals surface area (Å²) >= 11 is 12.8. The monoisotopic (exact) mass is 605 g/mol. The fourth-order valence-electron chi connectivity index (χ4n) is 2.76. The zero-order valence-corrected chi connectivity index (χ0v) is 21.2. The second-order valence-corrected chi connectivity index (χ2v) is 8.93. The number of anilines is 2. The van der Waals surface area contributed by atoms with Gasteiger partial charge in [0.1, 0.15) is 23.2 Å². The van der Waals surface area contributed by atoms with Crippen LogP contribution in [0, 0.1) is 17.1 Å². The molecule has 0 aliphatic heterocycles. The Morgan fingerprint density at radius 3 is 2.47 bits per heavy atom. The quantitative estimate of drug-likeness (QED) is 0.235. The number of rotatable bonds is 7. The minimum atomic E-state index is -0.687. The third-order valence-electron chi connectivity index (χ3n) is 4.30. The molecule has 0 saturated heterocycles. The molecule has 0 heterocycles. The summed E-state index contributed by atoms with van der Waals surface area (Å²) in [7, 11) is 0. The molecule has 0 unspecified atom stereocenters. The van der Waals surface area contributed by atoms with Crippen LogP contribution in [0.2, 0.25) is 5.02 Å². The van der Waals surface area contributed by atoms with Crippen molar-refractivity contribution >= 4 is 72.7 Å². The molecule has 0 fully saturated rings. The normalized spacial score (nSPS) is 10.9. The van der Waals surface area contributed by atoms with Gasteiger partial charge >= 0.3 is 0 Å². The van der Waals surface area contributed by atoms with Crippen molar-refractivity contribution in [1.82, 2.24) is 0 Å². The second kappa shape index (κ2) is 11.8. The van der Waals surface area contributed by atoms with Crippen molar-refractivity contribution in [1.29, 1.82) is 5.26 Å². The third-order valence-corrected chi connectivity index (χ3v) is 5.68. The third kappa shape index (κ3) is 6.90. The molecule has 10 heteroatoms. The van der Waals surface area contributed by atoms with E-state index in [-0.39, 0.29) is 17.9 Å². The Morgan fingerprint density at radius 2 is 1.79 bits per heavy atom. The molecule has 6 nitrogen and oxygen atoms in total. The highest BCUT2D eigenvalue weighted by Gasteiger charge is 2.16. The summed E-state index contributed by atoms with van der Waals surface area (Å²) in [5.74, 6) is -1.34. The van der Waals surface area contributed by atoms with Crippen LogP contribution in [0.4, 0.5) is 15.8 Å². The predicted octanol–water partition coefficient (Wildman–Crippen LogP) is 6.57. The van der Waals surface area contributed by atoms with Gasteiger partial charge in [0.2, 0.25) is 0 Å². The van der Waals surface area contributed by atoms with Crippen LogP contribution in [0.3, 0.4) is 0 Å². The van der Waals surface area contributed by atoms with Crippen LogP contribution in [0.1, 0.15) is 5.56 Å². The van der Waals surface area contributed by atoms with Crippen LogP contribution in [0.5, 0.6) is 5.75 Å². The molecule has 0 spiro atoms. The molecule has 0 radical (unpaired) electrons. The first-order valence-electron chi connectivity index (χ1n) is 9.61. The van der Waals surface area contributed by atoms with Crippen molar-refractivity contribution in [2.24, 2.45) is 0 Å². The Morgan fingerprint density at radius 1 is 1.09 bits per heavy atom. The fraction of sp³-hybridized carbons (Fsp3) is 0.0417. The molecule has 0 bridgehead atoms. The van der Waals surface area contributed by atoms with Gasteiger partial charge in [-0.3, -0.25) is 9.59 Å². The average Bonchev–Trinajstić information content (AvgIpc) is 2.79. The Labute approximate surface area is 216 Å². The number of hydrogen-bond donors (Lipinski definition) is 2. The molecule has 0 aliphatic rings. The summed E-state index contributed by atoms with van der Waals surface area (Å²) in [6.07, 6.45) is 1.33. The molecule has 3 aromatic carbocycles. The summed E-state index contributed by atoms with van der Waals surface area (Å²) in [5, 5.41) is 15.1. The number of amides is 2. The van der Waals surface area contributed by atoms with Crippen molar-refractivity contribution in [3.05, 3.63) is 91.6 Å². The van der Waals surface area contributed by atoms with Crippen molar-refractivity contribution in [3.63, 3.8) is 0 Å². The smallest absolute Gasteiger partial charge is 0.266 e. The summed E-state index contributed by atoms with van der Waals surface area (Å²) in [5.41, 5.74) is 0.921. The van der Waals surface area contributed by atoms with E-state index in [4.69, 9.17) is 16.3 Å². The number of carbonyl (C=O) groups excluding carboxylic acids is 2. The number of halogens is 4. The number of carbonyl (C=O) groups is 2. The minimum Gasteiger partial charge on any atom is -0.482 e. The molecule has 0 aliphatic carbocycles. The number of nitrogens with one attached hydrogen (secondary N) is 2. The molecule has 172 valence electrons. The lowest BCUT2D eigenvalue weighted by Crippen LogP contribution is -2.20. The number of ether oxygens (including phenoxy) is 1. The molecule has 0 atom stereocenters. The van der Waals surface area contributed by atoms with Crippen molar-refractivity contribution in [3.8, 4) is 11.8 Å². The van der Waals surface area contributed by atoms with Crippen molar-refractivity contribution in [2.75, 3.05) is 17.2 Å².